The van der Waals surface area contributed by atoms with Gasteiger partial charge < -0.3 is 15.3 Å². The summed E-state index contributed by atoms with van der Waals surface area (Å²) in [7, 11) is 0. The predicted molar refractivity (Wildman–Crippen MR) is 198 cm³/mol. The number of hydrogen-bond donors (Lipinski definition) is 0. The number of carbonyl (C=O) groups is 3. The molecule has 0 radical (unpaired) electrons. The number of allylic oxidation sites excluding steroid dienone is 6. The first-order valence-corrected chi connectivity index (χ1v) is 18.8. The number of rotatable bonds is 18. The summed E-state index contributed by atoms with van der Waals surface area (Å²) in [6.07, 6.45) is 15.6. The molecule has 0 spiro atoms. The van der Waals surface area contributed by atoms with Crippen molar-refractivity contribution in [3.63, 3.8) is 0 Å². The summed E-state index contributed by atoms with van der Waals surface area (Å²) in [5.41, 5.74) is -1.34. The van der Waals surface area contributed by atoms with E-state index in [2.05, 4.69) is 20.8 Å². The second-order valence-electron chi connectivity index (χ2n) is 16.2. The van der Waals surface area contributed by atoms with Gasteiger partial charge in [0.25, 0.3) is 0 Å². The van der Waals surface area contributed by atoms with Crippen LogP contribution in [0.5, 0.6) is 0 Å². The largest absolute Gasteiger partial charge is 3.00 e. The number of unbranched alkanes of at least 4 members (excludes halogenated alkanes) is 3. The molecule has 0 N–H and O–H groups in total. The van der Waals surface area contributed by atoms with Crippen molar-refractivity contribution in [3.05, 3.63) is 35.5 Å². The van der Waals surface area contributed by atoms with Crippen LogP contribution in [0.1, 0.15) is 181 Å². The molecule has 0 aliphatic rings. The Morgan fingerprint density at radius 2 is 0.633 bits per heavy atom. The van der Waals surface area contributed by atoms with Crippen LogP contribution < -0.4 is 15.3 Å². The van der Waals surface area contributed by atoms with Gasteiger partial charge in [-0.1, -0.05) is 142 Å². The molecule has 0 fully saturated rings. The topological polar surface area (TPSA) is 120 Å². The van der Waals surface area contributed by atoms with E-state index in [1.807, 2.05) is 83.1 Å². The van der Waals surface area contributed by atoms with Crippen LogP contribution in [0.15, 0.2) is 35.5 Å². The smallest absolute Gasteiger partial charge is 0.875 e. The van der Waals surface area contributed by atoms with Gasteiger partial charge in [0.2, 0.25) is 0 Å². The van der Waals surface area contributed by atoms with Gasteiger partial charge in [-0.2, -0.15) is 0 Å². The second-order valence-corrected chi connectivity index (χ2v) is 16.2. The van der Waals surface area contributed by atoms with E-state index < -0.39 is 16.2 Å². The Labute approximate surface area is 321 Å². The maximum Gasteiger partial charge on any atom is 3.00 e. The summed E-state index contributed by atoms with van der Waals surface area (Å²) >= 11 is 0. The number of hydrogen-bond acceptors (Lipinski definition) is 6. The number of carbonyl (C=O) groups excluding carboxylic acids is 3. The molecule has 0 aliphatic carbocycles. The van der Waals surface area contributed by atoms with Gasteiger partial charge in [-0.3, -0.25) is 14.4 Å². The molecule has 0 aromatic carbocycles. The zero-order chi connectivity index (χ0) is 38.3. The van der Waals surface area contributed by atoms with Crippen molar-refractivity contribution in [3.8, 4) is 0 Å². The first-order valence-electron chi connectivity index (χ1n) is 18.8. The van der Waals surface area contributed by atoms with Crippen molar-refractivity contribution >= 4 is 17.3 Å². The Hall–Kier alpha value is -1.50. The minimum atomic E-state index is -0.446. The zero-order valence-electron chi connectivity index (χ0n) is 34.5. The molecule has 0 rings (SSSR count). The van der Waals surface area contributed by atoms with Crippen molar-refractivity contribution in [1.82, 2.24) is 0 Å². The maximum atomic E-state index is 11.9. The fraction of sp³-hybridized carbons (Fsp3) is 0.786. The third kappa shape index (κ3) is 26.9. The van der Waals surface area contributed by atoms with Crippen molar-refractivity contribution in [2.75, 3.05) is 0 Å². The van der Waals surface area contributed by atoms with Crippen molar-refractivity contribution < 1.29 is 55.5 Å². The van der Waals surface area contributed by atoms with E-state index >= 15 is 0 Å². The predicted octanol–water partition coefficient (Wildman–Crippen LogP) is 9.18. The van der Waals surface area contributed by atoms with Crippen LogP contribution in [0.25, 0.3) is 0 Å². The molecular formula is C42H75O6Sc. The second kappa shape index (κ2) is 28.1. The molecular weight excluding hydrogens is 645 g/mol. The molecule has 0 saturated heterocycles. The van der Waals surface area contributed by atoms with Gasteiger partial charge in [0.15, 0.2) is 17.3 Å². The Morgan fingerprint density at radius 3 is 0.755 bits per heavy atom. The molecule has 282 valence electrons. The first kappa shape index (κ1) is 54.3. The van der Waals surface area contributed by atoms with E-state index in [-0.39, 0.29) is 78.2 Å². The quantitative estimate of drug-likeness (QED) is 0.103. The summed E-state index contributed by atoms with van der Waals surface area (Å²) in [6.45, 7) is 28.9. The Kier molecular flexibility index (Phi) is 31.2. The van der Waals surface area contributed by atoms with Crippen molar-refractivity contribution in [2.45, 2.75) is 181 Å². The van der Waals surface area contributed by atoms with Crippen LogP contribution in [0.3, 0.4) is 0 Å². The Balaban J connectivity index is -0.000000307. The average Bonchev–Trinajstić information content (AvgIpc) is 2.97. The number of ketones is 3. The van der Waals surface area contributed by atoms with E-state index in [0.29, 0.717) is 0 Å². The maximum absolute atomic E-state index is 11.9. The Bertz CT molecular complexity index is 873. The van der Waals surface area contributed by atoms with Gasteiger partial charge in [0, 0.05) is 17.8 Å². The monoisotopic (exact) mass is 721 g/mol. The molecule has 3 unspecified atom stereocenters. The molecule has 3 atom stereocenters. The fourth-order valence-electron chi connectivity index (χ4n) is 4.38. The summed E-state index contributed by atoms with van der Waals surface area (Å²) < 4.78 is 0. The van der Waals surface area contributed by atoms with E-state index in [1.54, 1.807) is 0 Å². The molecule has 0 aromatic heterocycles. The summed E-state index contributed by atoms with van der Waals surface area (Å²) in [5.74, 6) is -0.0567. The average molecular weight is 721 g/mol. The van der Waals surface area contributed by atoms with Gasteiger partial charge >= 0.3 is 25.8 Å². The van der Waals surface area contributed by atoms with E-state index in [9.17, 15) is 29.7 Å². The summed E-state index contributed by atoms with van der Waals surface area (Å²) in [4.78, 5) is 35.6. The van der Waals surface area contributed by atoms with Gasteiger partial charge in [0.1, 0.15) is 0 Å². The molecule has 0 aliphatic heterocycles. The van der Waals surface area contributed by atoms with Crippen LogP contribution in [0, 0.1) is 34.0 Å². The molecule has 0 aromatic rings. The van der Waals surface area contributed by atoms with Gasteiger partial charge in [-0.25, -0.2) is 0 Å². The third-order valence-electron chi connectivity index (χ3n) is 8.44. The molecule has 6 nitrogen and oxygen atoms in total. The SMILES string of the molecule is CCCCC(CC)C(=O)C=C([O-])C(C)(C)C.CCCCC(CC)C(=O)C=C([O-])C(C)(C)C.CCCCC(CC)C(=O)C=C([O-])C(C)(C)C.[Sc+3]. The molecule has 0 amide bonds. The Morgan fingerprint density at radius 1 is 0.449 bits per heavy atom. The standard InChI is InChI=1S/3C14H26O2.Sc/c3*1-6-8-9-11(7-2)12(15)10-13(16)14(3,4)5;/h3*10-11,16H,6-9H2,1-5H3;/q;;;+3/p-3. The van der Waals surface area contributed by atoms with Crippen molar-refractivity contribution in [1.29, 1.82) is 0 Å². The first-order chi connectivity index (χ1) is 22.0. The van der Waals surface area contributed by atoms with Crippen LogP contribution in [0.4, 0.5) is 0 Å². The normalized spacial score (nSPS) is 14.6. The van der Waals surface area contributed by atoms with Crippen LogP contribution in [0.2, 0.25) is 0 Å². The molecule has 49 heavy (non-hydrogen) atoms. The summed E-state index contributed by atoms with van der Waals surface area (Å²) in [5, 5.41) is 35.1. The third-order valence-corrected chi connectivity index (χ3v) is 8.44. The van der Waals surface area contributed by atoms with Gasteiger partial charge in [-0.15, -0.1) is 17.3 Å². The molecule has 0 saturated carbocycles. The fourth-order valence-corrected chi connectivity index (χ4v) is 4.38. The minimum Gasteiger partial charge on any atom is -0.875 e. The van der Waals surface area contributed by atoms with Crippen LogP contribution in [-0.2, 0) is 40.2 Å². The van der Waals surface area contributed by atoms with Crippen LogP contribution in [-0.4, -0.2) is 17.3 Å². The van der Waals surface area contributed by atoms with E-state index in [4.69, 9.17) is 0 Å². The van der Waals surface area contributed by atoms with Crippen LogP contribution >= 0.6 is 0 Å². The van der Waals surface area contributed by atoms with Gasteiger partial charge in [0.05, 0.1) is 0 Å². The van der Waals surface area contributed by atoms with E-state index in [0.717, 1.165) is 77.0 Å². The molecule has 0 bridgehead atoms. The van der Waals surface area contributed by atoms with Gasteiger partial charge in [-0.05, 0) is 73.0 Å². The van der Waals surface area contributed by atoms with Crippen molar-refractivity contribution in [2.24, 2.45) is 34.0 Å². The molecule has 7 heteroatoms. The zero-order valence-corrected chi connectivity index (χ0v) is 36.3. The summed E-state index contributed by atoms with van der Waals surface area (Å²) in [6, 6.07) is 0. The van der Waals surface area contributed by atoms with E-state index in [1.165, 1.54) is 18.2 Å². The molecule has 0 heterocycles. The minimum absolute atomic E-state index is 0.